The maximum atomic E-state index is 6.50. The van der Waals surface area contributed by atoms with Crippen LogP contribution in [0.2, 0.25) is 5.02 Å². The van der Waals surface area contributed by atoms with Crippen molar-refractivity contribution >= 4 is 17.3 Å². The monoisotopic (exact) mass is 294 g/mol. The molecule has 1 fully saturated rings. The van der Waals surface area contributed by atoms with Gasteiger partial charge in [-0.3, -0.25) is 0 Å². The van der Waals surface area contributed by atoms with Crippen LogP contribution in [0, 0.1) is 5.92 Å². The minimum absolute atomic E-state index is 0.115. The summed E-state index contributed by atoms with van der Waals surface area (Å²) >= 11 is 6.50. The number of hydrogen-bond donors (Lipinski definition) is 1. The van der Waals surface area contributed by atoms with E-state index in [1.807, 2.05) is 6.07 Å². The van der Waals surface area contributed by atoms with E-state index in [2.05, 4.69) is 57.0 Å². The highest BCUT2D eigenvalue weighted by atomic mass is 35.5. The van der Waals surface area contributed by atoms with Crippen LogP contribution in [0.15, 0.2) is 18.2 Å². The number of benzene rings is 1. The zero-order valence-corrected chi connectivity index (χ0v) is 14.1. The molecule has 0 bridgehead atoms. The molecule has 20 heavy (non-hydrogen) atoms. The van der Waals surface area contributed by atoms with Gasteiger partial charge in [0.1, 0.15) is 0 Å². The van der Waals surface area contributed by atoms with Crippen molar-refractivity contribution in [2.24, 2.45) is 5.92 Å². The summed E-state index contributed by atoms with van der Waals surface area (Å²) < 4.78 is 0. The summed E-state index contributed by atoms with van der Waals surface area (Å²) in [6.45, 7) is 13.2. The van der Waals surface area contributed by atoms with E-state index < -0.39 is 0 Å². The van der Waals surface area contributed by atoms with Crippen LogP contribution in [0.1, 0.15) is 46.6 Å². The van der Waals surface area contributed by atoms with Crippen LogP contribution in [0.4, 0.5) is 5.69 Å². The summed E-state index contributed by atoms with van der Waals surface area (Å²) in [5, 5.41) is 4.44. The molecule has 0 radical (unpaired) electrons. The normalized spacial score (nSPS) is 23.4. The summed E-state index contributed by atoms with van der Waals surface area (Å²) in [5.41, 5.74) is 2.64. The second kappa shape index (κ2) is 5.95. The average Bonchev–Trinajstić information content (AvgIpc) is 2.64. The Hall–Kier alpha value is -0.730. The number of nitrogens with one attached hydrogen (secondary N) is 1. The zero-order chi connectivity index (χ0) is 14.9. The molecule has 2 nitrogen and oxygen atoms in total. The van der Waals surface area contributed by atoms with Crippen LogP contribution in [0.5, 0.6) is 0 Å². The molecule has 0 saturated carbocycles. The average molecular weight is 295 g/mol. The van der Waals surface area contributed by atoms with E-state index in [9.17, 15) is 0 Å². The van der Waals surface area contributed by atoms with E-state index in [0.717, 1.165) is 24.0 Å². The van der Waals surface area contributed by atoms with Crippen molar-refractivity contribution in [2.75, 3.05) is 11.4 Å². The van der Waals surface area contributed by atoms with Gasteiger partial charge in [-0.15, -0.1) is 0 Å². The maximum Gasteiger partial charge on any atom is 0.0643 e. The van der Waals surface area contributed by atoms with Crippen LogP contribution in [0.3, 0.4) is 0 Å². The van der Waals surface area contributed by atoms with Gasteiger partial charge in [0.05, 0.1) is 10.7 Å². The molecular weight excluding hydrogens is 268 g/mol. The molecule has 1 aromatic carbocycles. The predicted molar refractivity (Wildman–Crippen MR) is 88.6 cm³/mol. The van der Waals surface area contributed by atoms with Crippen molar-refractivity contribution in [1.82, 2.24) is 5.32 Å². The predicted octanol–water partition coefficient (Wildman–Crippen LogP) is 4.46. The van der Waals surface area contributed by atoms with E-state index in [4.69, 9.17) is 11.6 Å². The fourth-order valence-corrected chi connectivity index (χ4v) is 3.30. The van der Waals surface area contributed by atoms with Gasteiger partial charge in [-0.05, 0) is 51.7 Å². The van der Waals surface area contributed by atoms with E-state index in [1.165, 1.54) is 17.7 Å². The van der Waals surface area contributed by atoms with Crippen molar-refractivity contribution in [3.05, 3.63) is 28.8 Å². The smallest absolute Gasteiger partial charge is 0.0643 e. The molecule has 1 aliphatic heterocycles. The number of nitrogens with zero attached hydrogens (tertiary/aromatic N) is 1. The topological polar surface area (TPSA) is 15.3 Å². The number of hydrogen-bond acceptors (Lipinski definition) is 2. The van der Waals surface area contributed by atoms with Crippen molar-refractivity contribution in [2.45, 2.75) is 59.2 Å². The lowest BCUT2D eigenvalue weighted by atomic mass is 10.1. The van der Waals surface area contributed by atoms with Crippen molar-refractivity contribution < 1.29 is 0 Å². The Labute approximate surface area is 128 Å². The van der Waals surface area contributed by atoms with Gasteiger partial charge in [-0.25, -0.2) is 0 Å². The lowest BCUT2D eigenvalue weighted by Crippen LogP contribution is -2.36. The molecule has 3 heteroatoms. The van der Waals surface area contributed by atoms with Crippen molar-refractivity contribution in [1.29, 1.82) is 0 Å². The molecule has 1 N–H and O–H groups in total. The highest BCUT2D eigenvalue weighted by molar-refractivity contribution is 6.33. The summed E-state index contributed by atoms with van der Waals surface area (Å²) in [6.07, 6.45) is 1.25. The molecule has 2 unspecified atom stereocenters. The Morgan fingerprint density at radius 2 is 2.00 bits per heavy atom. The van der Waals surface area contributed by atoms with Crippen LogP contribution in [-0.4, -0.2) is 18.1 Å². The first-order valence-electron chi connectivity index (χ1n) is 7.57. The highest BCUT2D eigenvalue weighted by Gasteiger charge is 2.29. The third kappa shape index (κ3) is 3.67. The SMILES string of the molecule is CC1CC(C)N(c2c(Cl)cccc2CNC(C)(C)C)C1. The molecular formula is C17H27ClN2. The van der Waals surface area contributed by atoms with Crippen molar-refractivity contribution in [3.63, 3.8) is 0 Å². The third-order valence-electron chi connectivity index (χ3n) is 3.95. The molecule has 0 aromatic heterocycles. The lowest BCUT2D eigenvalue weighted by molar-refractivity contribution is 0.424. The first-order valence-corrected chi connectivity index (χ1v) is 7.95. The third-order valence-corrected chi connectivity index (χ3v) is 4.26. The standard InChI is InChI=1S/C17H27ClN2/c1-12-9-13(2)20(11-12)16-14(7-6-8-15(16)18)10-19-17(3,4)5/h6-8,12-13,19H,9-11H2,1-5H3. The van der Waals surface area contributed by atoms with Crippen LogP contribution in [-0.2, 0) is 6.54 Å². The number of halogens is 1. The van der Waals surface area contributed by atoms with Gasteiger partial charge in [0.2, 0.25) is 0 Å². The van der Waals surface area contributed by atoms with Crippen LogP contribution in [0.25, 0.3) is 0 Å². The Morgan fingerprint density at radius 3 is 2.55 bits per heavy atom. The Balaban J connectivity index is 2.27. The summed E-state index contributed by atoms with van der Waals surface area (Å²) in [6, 6.07) is 6.82. The molecule has 1 aliphatic rings. The Morgan fingerprint density at radius 1 is 1.30 bits per heavy atom. The molecule has 0 amide bonds. The van der Waals surface area contributed by atoms with Gasteiger partial charge in [-0.1, -0.05) is 30.7 Å². The minimum atomic E-state index is 0.115. The number of rotatable bonds is 3. The summed E-state index contributed by atoms with van der Waals surface area (Å²) in [7, 11) is 0. The van der Waals surface area contributed by atoms with Gasteiger partial charge in [0.15, 0.2) is 0 Å². The lowest BCUT2D eigenvalue weighted by Gasteiger charge is -2.29. The Bertz CT molecular complexity index is 465. The van der Waals surface area contributed by atoms with Gasteiger partial charge in [-0.2, -0.15) is 0 Å². The second-order valence-electron chi connectivity index (χ2n) is 7.19. The van der Waals surface area contributed by atoms with E-state index in [-0.39, 0.29) is 5.54 Å². The van der Waals surface area contributed by atoms with E-state index in [0.29, 0.717) is 6.04 Å². The van der Waals surface area contributed by atoms with Crippen LogP contribution >= 0.6 is 11.6 Å². The molecule has 112 valence electrons. The molecule has 1 heterocycles. The van der Waals surface area contributed by atoms with Gasteiger partial charge in [0.25, 0.3) is 0 Å². The molecule has 2 rings (SSSR count). The van der Waals surface area contributed by atoms with Gasteiger partial charge < -0.3 is 10.2 Å². The first-order chi connectivity index (χ1) is 9.28. The summed E-state index contributed by atoms with van der Waals surface area (Å²) in [4.78, 5) is 2.48. The molecule has 0 spiro atoms. The minimum Gasteiger partial charge on any atom is -0.367 e. The fourth-order valence-electron chi connectivity index (χ4n) is 3.00. The second-order valence-corrected chi connectivity index (χ2v) is 7.60. The maximum absolute atomic E-state index is 6.50. The number of anilines is 1. The zero-order valence-electron chi connectivity index (χ0n) is 13.3. The molecule has 1 saturated heterocycles. The van der Waals surface area contributed by atoms with Gasteiger partial charge in [0, 0.05) is 24.7 Å². The fraction of sp³-hybridized carbons (Fsp3) is 0.647. The van der Waals surface area contributed by atoms with E-state index >= 15 is 0 Å². The largest absolute Gasteiger partial charge is 0.367 e. The number of para-hydroxylation sites is 1. The molecule has 0 aliphatic carbocycles. The summed E-state index contributed by atoms with van der Waals surface area (Å²) in [5.74, 6) is 0.740. The van der Waals surface area contributed by atoms with E-state index in [1.54, 1.807) is 0 Å². The highest BCUT2D eigenvalue weighted by Crippen LogP contribution is 2.36. The van der Waals surface area contributed by atoms with Crippen molar-refractivity contribution in [3.8, 4) is 0 Å². The first kappa shape index (κ1) is 15.7. The molecule has 1 aromatic rings. The Kier molecular flexibility index (Phi) is 4.66. The van der Waals surface area contributed by atoms with Crippen LogP contribution < -0.4 is 10.2 Å². The quantitative estimate of drug-likeness (QED) is 0.885. The molecule has 2 atom stereocenters. The van der Waals surface area contributed by atoms with Gasteiger partial charge >= 0.3 is 0 Å².